The van der Waals surface area contributed by atoms with Crippen LogP contribution in [0, 0.1) is 6.92 Å². The van der Waals surface area contributed by atoms with Gasteiger partial charge in [0.15, 0.2) is 0 Å². The maximum atomic E-state index is 12.2. The van der Waals surface area contributed by atoms with Gasteiger partial charge in [-0.15, -0.1) is 0 Å². The van der Waals surface area contributed by atoms with Crippen molar-refractivity contribution < 1.29 is 4.79 Å². The molecular formula is C18H25N5O. The molecule has 1 aliphatic rings. The molecule has 1 amide bonds. The molecule has 1 saturated heterocycles. The fourth-order valence-electron chi connectivity index (χ4n) is 3.02. The average Bonchev–Trinajstić information content (AvgIpc) is 2.86. The number of aromatic nitrogens is 2. The Morgan fingerprint density at radius 2 is 1.79 bits per heavy atom. The topological polar surface area (TPSA) is 53.4 Å². The molecule has 24 heavy (non-hydrogen) atoms. The monoisotopic (exact) mass is 327 g/mol. The van der Waals surface area contributed by atoms with Gasteiger partial charge in [0.1, 0.15) is 0 Å². The van der Waals surface area contributed by atoms with Gasteiger partial charge in [0, 0.05) is 50.3 Å². The smallest absolute Gasteiger partial charge is 0.230 e. The number of piperazine rings is 1. The Balaban J connectivity index is 1.57. The first-order valence-corrected chi connectivity index (χ1v) is 8.34. The summed E-state index contributed by atoms with van der Waals surface area (Å²) in [5.41, 5.74) is 3.89. The second-order valence-corrected chi connectivity index (χ2v) is 6.46. The number of nitrogens with zero attached hydrogens (tertiary/aromatic N) is 4. The number of carbonyl (C=O) groups excluding carboxylic acids is 1. The van der Waals surface area contributed by atoms with Crippen LogP contribution in [0.3, 0.4) is 0 Å². The molecule has 0 spiro atoms. The molecule has 6 nitrogen and oxygen atoms in total. The molecule has 0 atom stereocenters. The first-order chi connectivity index (χ1) is 11.5. The Morgan fingerprint density at radius 3 is 2.38 bits per heavy atom. The Bertz CT molecular complexity index is 699. The highest BCUT2D eigenvalue weighted by Crippen LogP contribution is 2.19. The molecule has 3 rings (SSSR count). The Morgan fingerprint density at radius 1 is 1.12 bits per heavy atom. The van der Waals surface area contributed by atoms with E-state index in [-0.39, 0.29) is 5.91 Å². The van der Waals surface area contributed by atoms with Crippen LogP contribution in [0.25, 0.3) is 0 Å². The highest BCUT2D eigenvalue weighted by molar-refractivity contribution is 5.92. The van der Waals surface area contributed by atoms with E-state index < -0.39 is 0 Å². The molecular weight excluding hydrogens is 302 g/mol. The lowest BCUT2D eigenvalue weighted by Crippen LogP contribution is -2.44. The van der Waals surface area contributed by atoms with Gasteiger partial charge in [-0.1, -0.05) is 0 Å². The van der Waals surface area contributed by atoms with Gasteiger partial charge in [0.05, 0.1) is 12.1 Å². The van der Waals surface area contributed by atoms with E-state index in [0.717, 1.165) is 43.3 Å². The lowest BCUT2D eigenvalue weighted by Gasteiger charge is -2.34. The van der Waals surface area contributed by atoms with Crippen LogP contribution in [-0.2, 0) is 18.3 Å². The lowest BCUT2D eigenvalue weighted by atomic mass is 10.2. The highest BCUT2D eigenvalue weighted by Gasteiger charge is 2.14. The number of carbonyl (C=O) groups is 1. The summed E-state index contributed by atoms with van der Waals surface area (Å²) in [4.78, 5) is 16.9. The summed E-state index contributed by atoms with van der Waals surface area (Å²) in [6.07, 6.45) is 0.331. The minimum absolute atomic E-state index is 0.0228. The van der Waals surface area contributed by atoms with Crippen molar-refractivity contribution in [3.8, 4) is 0 Å². The summed E-state index contributed by atoms with van der Waals surface area (Å²) in [5.74, 6) is -0.0228. The zero-order valence-corrected chi connectivity index (χ0v) is 14.6. The number of anilines is 2. The molecule has 0 unspecified atom stereocenters. The number of benzene rings is 1. The first-order valence-electron chi connectivity index (χ1n) is 8.34. The number of rotatable bonds is 4. The number of amides is 1. The van der Waals surface area contributed by atoms with Crippen molar-refractivity contribution in [1.82, 2.24) is 14.7 Å². The van der Waals surface area contributed by atoms with Crippen molar-refractivity contribution in [3.05, 3.63) is 41.7 Å². The summed E-state index contributed by atoms with van der Waals surface area (Å²) in [6, 6.07) is 10.0. The quantitative estimate of drug-likeness (QED) is 0.928. The second kappa shape index (κ2) is 7.05. The Kier molecular flexibility index (Phi) is 4.85. The van der Waals surface area contributed by atoms with E-state index in [1.165, 1.54) is 5.69 Å². The zero-order chi connectivity index (χ0) is 17.1. The van der Waals surface area contributed by atoms with E-state index in [9.17, 15) is 4.79 Å². The zero-order valence-electron chi connectivity index (χ0n) is 14.6. The highest BCUT2D eigenvalue weighted by atomic mass is 16.1. The summed E-state index contributed by atoms with van der Waals surface area (Å²) in [5, 5.41) is 7.22. The summed E-state index contributed by atoms with van der Waals surface area (Å²) < 4.78 is 1.76. The minimum atomic E-state index is -0.0228. The normalized spacial score (nSPS) is 15.5. The minimum Gasteiger partial charge on any atom is -0.369 e. The number of likely N-dealkylation sites (N-methyl/N-ethyl adjacent to an activating group) is 1. The van der Waals surface area contributed by atoms with Crippen molar-refractivity contribution in [1.29, 1.82) is 0 Å². The molecule has 1 fully saturated rings. The van der Waals surface area contributed by atoms with Gasteiger partial charge < -0.3 is 15.1 Å². The molecule has 6 heteroatoms. The fourth-order valence-corrected chi connectivity index (χ4v) is 3.02. The lowest BCUT2D eigenvalue weighted by molar-refractivity contribution is -0.115. The van der Waals surface area contributed by atoms with Gasteiger partial charge in [-0.05, 0) is 44.3 Å². The predicted molar refractivity (Wildman–Crippen MR) is 96.4 cm³/mol. The summed E-state index contributed by atoms with van der Waals surface area (Å²) >= 11 is 0. The van der Waals surface area contributed by atoms with Crippen LogP contribution >= 0.6 is 0 Å². The molecule has 1 aromatic heterocycles. The number of aryl methyl sites for hydroxylation is 2. The van der Waals surface area contributed by atoms with E-state index in [4.69, 9.17) is 0 Å². The van der Waals surface area contributed by atoms with Crippen molar-refractivity contribution in [2.45, 2.75) is 13.3 Å². The third-order valence-corrected chi connectivity index (χ3v) is 4.46. The van der Waals surface area contributed by atoms with Crippen molar-refractivity contribution in [3.63, 3.8) is 0 Å². The van der Waals surface area contributed by atoms with E-state index >= 15 is 0 Å². The average molecular weight is 327 g/mol. The van der Waals surface area contributed by atoms with Gasteiger partial charge in [0.2, 0.25) is 5.91 Å². The van der Waals surface area contributed by atoms with Gasteiger partial charge in [-0.3, -0.25) is 9.48 Å². The number of nitrogens with one attached hydrogen (secondary N) is 1. The standard InChI is InChI=1S/C18H25N5O/c1-14-12-17(22(3)20-14)13-18(24)19-15-4-6-16(7-5-15)23-10-8-21(2)9-11-23/h4-7,12H,8-11,13H2,1-3H3,(H,19,24). The van der Waals surface area contributed by atoms with Gasteiger partial charge in [0.25, 0.3) is 0 Å². The molecule has 1 aliphatic heterocycles. The number of hydrogen-bond donors (Lipinski definition) is 1. The van der Waals surface area contributed by atoms with Crippen LogP contribution in [0.5, 0.6) is 0 Å². The summed E-state index contributed by atoms with van der Waals surface area (Å²) in [6.45, 7) is 6.19. The van der Waals surface area contributed by atoms with E-state index in [0.29, 0.717) is 6.42 Å². The largest absolute Gasteiger partial charge is 0.369 e. The van der Waals surface area contributed by atoms with Gasteiger partial charge in [-0.25, -0.2) is 0 Å². The predicted octanol–water partition coefficient (Wildman–Crippen LogP) is 1.66. The number of hydrogen-bond acceptors (Lipinski definition) is 4. The van der Waals surface area contributed by atoms with Crippen LogP contribution in [0.4, 0.5) is 11.4 Å². The van der Waals surface area contributed by atoms with Crippen LogP contribution in [0.2, 0.25) is 0 Å². The maximum absolute atomic E-state index is 12.2. The van der Waals surface area contributed by atoms with Crippen LogP contribution in [-0.4, -0.2) is 53.8 Å². The maximum Gasteiger partial charge on any atom is 0.230 e. The molecule has 0 radical (unpaired) electrons. The third kappa shape index (κ3) is 3.94. The van der Waals surface area contributed by atoms with Crippen molar-refractivity contribution in [2.75, 3.05) is 43.4 Å². The van der Waals surface area contributed by atoms with Crippen LogP contribution in [0.1, 0.15) is 11.4 Å². The van der Waals surface area contributed by atoms with E-state index in [1.54, 1.807) is 4.68 Å². The van der Waals surface area contributed by atoms with Crippen molar-refractivity contribution in [2.24, 2.45) is 7.05 Å². The van der Waals surface area contributed by atoms with Gasteiger partial charge >= 0.3 is 0 Å². The third-order valence-electron chi connectivity index (χ3n) is 4.46. The molecule has 1 aromatic carbocycles. The second-order valence-electron chi connectivity index (χ2n) is 6.46. The van der Waals surface area contributed by atoms with Gasteiger partial charge in [-0.2, -0.15) is 5.10 Å². The molecule has 128 valence electrons. The van der Waals surface area contributed by atoms with Crippen LogP contribution < -0.4 is 10.2 Å². The van der Waals surface area contributed by atoms with E-state index in [2.05, 4.69) is 39.4 Å². The molecule has 2 aromatic rings. The van der Waals surface area contributed by atoms with Crippen LogP contribution in [0.15, 0.2) is 30.3 Å². The molecule has 1 N–H and O–H groups in total. The Hall–Kier alpha value is -2.34. The SMILES string of the molecule is Cc1cc(CC(=O)Nc2ccc(N3CCN(C)CC3)cc2)n(C)n1. The molecule has 0 saturated carbocycles. The Labute approximate surface area is 143 Å². The molecule has 0 bridgehead atoms. The summed E-state index contributed by atoms with van der Waals surface area (Å²) in [7, 11) is 4.01. The van der Waals surface area contributed by atoms with E-state index in [1.807, 2.05) is 32.2 Å². The van der Waals surface area contributed by atoms with Crippen molar-refractivity contribution >= 4 is 17.3 Å². The fraction of sp³-hybridized carbons (Fsp3) is 0.444. The molecule has 0 aliphatic carbocycles. The first kappa shape index (κ1) is 16.5. The molecule has 2 heterocycles.